The van der Waals surface area contributed by atoms with Gasteiger partial charge in [-0.05, 0) is 34.1 Å². The molecule has 1 N–H and O–H groups in total. The Bertz CT molecular complexity index is 340. The Morgan fingerprint density at radius 1 is 1.14 bits per heavy atom. The van der Waals surface area contributed by atoms with E-state index in [0.29, 0.717) is 5.69 Å². The second-order valence-electron chi connectivity index (χ2n) is 4.10. The van der Waals surface area contributed by atoms with Crippen molar-refractivity contribution in [2.45, 2.75) is 46.6 Å². The fraction of sp³-hybridized carbons (Fsp3) is 0.636. The van der Waals surface area contributed by atoms with Gasteiger partial charge in [-0.3, -0.25) is 9.97 Å². The second-order valence-corrected chi connectivity index (χ2v) is 4.10. The molecule has 0 bridgehead atoms. The summed E-state index contributed by atoms with van der Waals surface area (Å²) in [6, 6.07) is 0. The van der Waals surface area contributed by atoms with Gasteiger partial charge in [-0.15, -0.1) is 0 Å². The first kappa shape index (κ1) is 11.1. The molecule has 0 atom stereocenters. The first-order valence-corrected chi connectivity index (χ1v) is 4.93. The molecule has 1 heterocycles. The molecule has 0 aliphatic carbocycles. The molecule has 78 valence electrons. The second kappa shape index (κ2) is 3.65. The lowest BCUT2D eigenvalue weighted by molar-refractivity contribution is 0.0720. The highest BCUT2D eigenvalue weighted by molar-refractivity contribution is 5.23. The Hall–Kier alpha value is -0.960. The van der Waals surface area contributed by atoms with Crippen LogP contribution in [0.25, 0.3) is 0 Å². The molecule has 14 heavy (non-hydrogen) atoms. The number of aryl methyl sites for hydroxylation is 3. The van der Waals surface area contributed by atoms with Gasteiger partial charge in [-0.1, -0.05) is 6.92 Å². The molecule has 1 aromatic heterocycles. The van der Waals surface area contributed by atoms with Crippen molar-refractivity contribution in [1.82, 2.24) is 9.97 Å². The summed E-state index contributed by atoms with van der Waals surface area (Å²) in [5, 5.41) is 9.91. The van der Waals surface area contributed by atoms with E-state index in [1.54, 1.807) is 13.8 Å². The van der Waals surface area contributed by atoms with Gasteiger partial charge in [0.15, 0.2) is 0 Å². The predicted molar refractivity (Wildman–Crippen MR) is 56.1 cm³/mol. The molecule has 0 spiro atoms. The fourth-order valence-corrected chi connectivity index (χ4v) is 1.39. The number of hydrogen-bond donors (Lipinski definition) is 1. The van der Waals surface area contributed by atoms with E-state index in [9.17, 15) is 5.11 Å². The molecule has 0 radical (unpaired) electrons. The average molecular weight is 194 g/mol. The van der Waals surface area contributed by atoms with Gasteiger partial charge in [0.05, 0.1) is 22.8 Å². The van der Waals surface area contributed by atoms with Crippen molar-refractivity contribution < 1.29 is 5.11 Å². The third-order valence-corrected chi connectivity index (χ3v) is 2.29. The smallest absolute Gasteiger partial charge is 0.103 e. The minimum absolute atomic E-state index is 0.697. The maximum Gasteiger partial charge on any atom is 0.103 e. The summed E-state index contributed by atoms with van der Waals surface area (Å²) in [5.41, 5.74) is 2.51. The maximum absolute atomic E-state index is 9.91. The summed E-state index contributed by atoms with van der Waals surface area (Å²) in [4.78, 5) is 8.84. The van der Waals surface area contributed by atoms with E-state index in [1.807, 2.05) is 20.8 Å². The van der Waals surface area contributed by atoms with E-state index in [-0.39, 0.29) is 0 Å². The summed E-state index contributed by atoms with van der Waals surface area (Å²) < 4.78 is 0. The van der Waals surface area contributed by atoms with Crippen molar-refractivity contribution in [1.29, 1.82) is 0 Å². The van der Waals surface area contributed by atoms with Crippen LogP contribution in [-0.4, -0.2) is 15.1 Å². The summed E-state index contributed by atoms with van der Waals surface area (Å²) >= 11 is 0. The van der Waals surface area contributed by atoms with Gasteiger partial charge in [-0.2, -0.15) is 0 Å². The van der Waals surface area contributed by atoms with Crippen molar-refractivity contribution >= 4 is 0 Å². The Kier molecular flexibility index (Phi) is 2.90. The Morgan fingerprint density at radius 2 is 1.64 bits per heavy atom. The van der Waals surface area contributed by atoms with Gasteiger partial charge in [0.2, 0.25) is 0 Å². The summed E-state index contributed by atoms with van der Waals surface area (Å²) in [6.45, 7) is 9.36. The van der Waals surface area contributed by atoms with E-state index < -0.39 is 5.60 Å². The van der Waals surface area contributed by atoms with E-state index in [1.165, 1.54) is 0 Å². The minimum Gasteiger partial charge on any atom is -0.384 e. The molecule has 3 nitrogen and oxygen atoms in total. The van der Waals surface area contributed by atoms with Gasteiger partial charge in [-0.25, -0.2) is 0 Å². The van der Waals surface area contributed by atoms with E-state index in [2.05, 4.69) is 9.97 Å². The number of hydrogen-bond acceptors (Lipinski definition) is 3. The third kappa shape index (κ3) is 2.10. The van der Waals surface area contributed by atoms with Gasteiger partial charge in [0.1, 0.15) is 5.60 Å². The number of nitrogens with zero attached hydrogens (tertiary/aromatic N) is 2. The van der Waals surface area contributed by atoms with Crippen LogP contribution in [0, 0.1) is 13.8 Å². The molecular formula is C11H18N2O. The lowest BCUT2D eigenvalue weighted by atomic mass is 10.0. The number of rotatable bonds is 2. The normalized spacial score (nSPS) is 11.9. The van der Waals surface area contributed by atoms with Crippen LogP contribution < -0.4 is 0 Å². The van der Waals surface area contributed by atoms with Crippen molar-refractivity contribution in [2.75, 3.05) is 0 Å². The van der Waals surface area contributed by atoms with Crippen LogP contribution in [0.3, 0.4) is 0 Å². The first-order valence-electron chi connectivity index (χ1n) is 4.93. The summed E-state index contributed by atoms with van der Waals surface area (Å²) in [5.74, 6) is 0. The lowest BCUT2D eigenvalue weighted by Gasteiger charge is -2.20. The standard InChI is InChI=1S/C11H18N2O/c1-6-9-10(11(4,5)14)13-8(3)7(2)12-9/h14H,6H2,1-5H3. The van der Waals surface area contributed by atoms with Crippen LogP contribution in [0.5, 0.6) is 0 Å². The largest absolute Gasteiger partial charge is 0.384 e. The summed E-state index contributed by atoms with van der Waals surface area (Å²) in [6.07, 6.45) is 0.799. The quantitative estimate of drug-likeness (QED) is 0.782. The fourth-order valence-electron chi connectivity index (χ4n) is 1.39. The topological polar surface area (TPSA) is 46.0 Å². The zero-order chi connectivity index (χ0) is 10.9. The van der Waals surface area contributed by atoms with Crippen LogP contribution in [0.15, 0.2) is 0 Å². The monoisotopic (exact) mass is 194 g/mol. The average Bonchev–Trinajstić information content (AvgIpc) is 2.07. The molecule has 0 aliphatic rings. The molecule has 0 unspecified atom stereocenters. The van der Waals surface area contributed by atoms with Crippen LogP contribution in [0.1, 0.15) is 43.5 Å². The molecule has 0 aliphatic heterocycles. The van der Waals surface area contributed by atoms with Gasteiger partial charge < -0.3 is 5.11 Å². The molecule has 0 amide bonds. The highest BCUT2D eigenvalue weighted by atomic mass is 16.3. The van der Waals surface area contributed by atoms with Crippen molar-refractivity contribution in [3.8, 4) is 0 Å². The molecular weight excluding hydrogens is 176 g/mol. The predicted octanol–water partition coefficient (Wildman–Crippen LogP) is 1.88. The SMILES string of the molecule is CCc1nc(C)c(C)nc1C(C)(C)O. The minimum atomic E-state index is -0.906. The van der Waals surface area contributed by atoms with Gasteiger partial charge >= 0.3 is 0 Å². The van der Waals surface area contributed by atoms with E-state index in [0.717, 1.165) is 23.5 Å². The van der Waals surface area contributed by atoms with Crippen LogP contribution >= 0.6 is 0 Å². The lowest BCUT2D eigenvalue weighted by Crippen LogP contribution is -2.22. The number of aromatic nitrogens is 2. The Balaban J connectivity index is 3.35. The van der Waals surface area contributed by atoms with Crippen LogP contribution in [0.2, 0.25) is 0 Å². The third-order valence-electron chi connectivity index (χ3n) is 2.29. The maximum atomic E-state index is 9.91. The first-order chi connectivity index (χ1) is 6.36. The van der Waals surface area contributed by atoms with Crippen molar-refractivity contribution in [3.05, 3.63) is 22.8 Å². The molecule has 3 heteroatoms. The van der Waals surface area contributed by atoms with Crippen molar-refractivity contribution in [2.24, 2.45) is 0 Å². The van der Waals surface area contributed by atoms with Crippen molar-refractivity contribution in [3.63, 3.8) is 0 Å². The zero-order valence-electron chi connectivity index (χ0n) is 9.55. The molecule has 0 fully saturated rings. The van der Waals surface area contributed by atoms with Crippen LogP contribution in [-0.2, 0) is 12.0 Å². The Labute approximate surface area is 85.2 Å². The highest BCUT2D eigenvalue weighted by Gasteiger charge is 2.22. The van der Waals surface area contributed by atoms with E-state index >= 15 is 0 Å². The van der Waals surface area contributed by atoms with Gasteiger partial charge in [0, 0.05) is 0 Å². The molecule has 1 aromatic rings. The Morgan fingerprint density at radius 3 is 2.07 bits per heavy atom. The molecule has 0 saturated carbocycles. The molecule has 1 rings (SSSR count). The zero-order valence-corrected chi connectivity index (χ0v) is 9.55. The molecule has 0 saturated heterocycles. The highest BCUT2D eigenvalue weighted by Crippen LogP contribution is 2.21. The molecule has 0 aromatic carbocycles. The summed E-state index contributed by atoms with van der Waals surface area (Å²) in [7, 11) is 0. The number of aliphatic hydroxyl groups is 1. The van der Waals surface area contributed by atoms with E-state index in [4.69, 9.17) is 0 Å². The van der Waals surface area contributed by atoms with Crippen LogP contribution in [0.4, 0.5) is 0 Å². The van der Waals surface area contributed by atoms with Gasteiger partial charge in [0.25, 0.3) is 0 Å².